The summed E-state index contributed by atoms with van der Waals surface area (Å²) in [7, 11) is 0. The zero-order chi connectivity index (χ0) is 18.8. The molecule has 27 heavy (non-hydrogen) atoms. The number of aromatic amines is 1. The maximum Gasteiger partial charge on any atom is 0.260 e. The number of hydrogen-bond acceptors (Lipinski definition) is 5. The van der Waals surface area contributed by atoms with E-state index in [0.29, 0.717) is 22.9 Å². The van der Waals surface area contributed by atoms with Crippen molar-refractivity contribution >= 4 is 28.2 Å². The highest BCUT2D eigenvalue weighted by Gasteiger charge is 2.18. The second-order valence-electron chi connectivity index (χ2n) is 7.22. The highest BCUT2D eigenvalue weighted by atomic mass is 16.1. The maximum absolute atomic E-state index is 12.2. The summed E-state index contributed by atoms with van der Waals surface area (Å²) in [5.74, 6) is 0.456. The van der Waals surface area contributed by atoms with Gasteiger partial charge in [0.1, 0.15) is 0 Å². The van der Waals surface area contributed by atoms with Crippen molar-refractivity contribution in [3.8, 4) is 0 Å². The lowest BCUT2D eigenvalue weighted by Crippen LogP contribution is -2.48. The third-order valence-electron chi connectivity index (χ3n) is 5.15. The van der Waals surface area contributed by atoms with Gasteiger partial charge in [0.25, 0.3) is 5.56 Å². The van der Waals surface area contributed by atoms with Gasteiger partial charge in [0.15, 0.2) is 0 Å². The van der Waals surface area contributed by atoms with Crippen LogP contribution in [-0.4, -0.2) is 47.1 Å². The van der Waals surface area contributed by atoms with Crippen molar-refractivity contribution in [2.45, 2.75) is 19.9 Å². The van der Waals surface area contributed by atoms with E-state index in [2.05, 4.69) is 51.1 Å². The van der Waals surface area contributed by atoms with Crippen molar-refractivity contribution < 1.29 is 0 Å². The Kier molecular flexibility index (Phi) is 4.81. The molecule has 0 radical (unpaired) electrons. The number of rotatable bonds is 4. The molecule has 1 aliphatic heterocycles. The first kappa shape index (κ1) is 17.5. The van der Waals surface area contributed by atoms with Crippen LogP contribution in [0.5, 0.6) is 0 Å². The molecule has 0 aliphatic carbocycles. The van der Waals surface area contributed by atoms with Gasteiger partial charge in [-0.2, -0.15) is 0 Å². The number of para-hydroxylation sites is 1. The number of anilines is 3. The van der Waals surface area contributed by atoms with E-state index in [-0.39, 0.29) is 5.56 Å². The molecule has 1 fully saturated rings. The Labute approximate surface area is 158 Å². The molecule has 2 aromatic carbocycles. The lowest BCUT2D eigenvalue weighted by molar-refractivity contribution is 0.209. The molecule has 0 unspecified atom stereocenters. The first-order chi connectivity index (χ1) is 13.1. The van der Waals surface area contributed by atoms with Crippen molar-refractivity contribution in [3.63, 3.8) is 0 Å². The van der Waals surface area contributed by atoms with Crippen LogP contribution < -0.4 is 15.8 Å². The molecule has 2 heterocycles. The Bertz CT molecular complexity index is 972. The summed E-state index contributed by atoms with van der Waals surface area (Å²) in [6.45, 7) is 8.79. The van der Waals surface area contributed by atoms with E-state index in [0.717, 1.165) is 31.9 Å². The minimum absolute atomic E-state index is 0.136. The SMILES string of the molecule is CC(C)N1CCN(c2ccc(Nc3nc4ccccc4c(=O)[nH]3)cc2)CC1. The fourth-order valence-electron chi connectivity index (χ4n) is 3.53. The monoisotopic (exact) mass is 363 g/mol. The van der Waals surface area contributed by atoms with Crippen LogP contribution in [0.15, 0.2) is 53.3 Å². The van der Waals surface area contributed by atoms with Gasteiger partial charge in [-0.05, 0) is 50.2 Å². The van der Waals surface area contributed by atoms with Crippen molar-refractivity contribution in [3.05, 3.63) is 58.9 Å². The second kappa shape index (κ2) is 7.40. The topological polar surface area (TPSA) is 64.3 Å². The first-order valence-electron chi connectivity index (χ1n) is 9.45. The van der Waals surface area contributed by atoms with Crippen LogP contribution in [0.3, 0.4) is 0 Å². The van der Waals surface area contributed by atoms with Gasteiger partial charge in [0.2, 0.25) is 5.95 Å². The molecule has 3 aromatic rings. The average Bonchev–Trinajstić information content (AvgIpc) is 2.69. The summed E-state index contributed by atoms with van der Waals surface area (Å²) < 4.78 is 0. The van der Waals surface area contributed by atoms with Crippen LogP contribution in [0.4, 0.5) is 17.3 Å². The summed E-state index contributed by atoms with van der Waals surface area (Å²) in [4.78, 5) is 24.4. The molecule has 0 spiro atoms. The van der Waals surface area contributed by atoms with Crippen molar-refractivity contribution in [2.24, 2.45) is 0 Å². The summed E-state index contributed by atoms with van der Waals surface area (Å²) in [5.41, 5.74) is 2.67. The normalized spacial score (nSPS) is 15.4. The van der Waals surface area contributed by atoms with Gasteiger partial charge in [-0.15, -0.1) is 0 Å². The molecular weight excluding hydrogens is 338 g/mol. The Morgan fingerprint density at radius 2 is 1.70 bits per heavy atom. The quantitative estimate of drug-likeness (QED) is 0.745. The van der Waals surface area contributed by atoms with Gasteiger partial charge in [0, 0.05) is 43.6 Å². The number of benzene rings is 2. The number of hydrogen-bond donors (Lipinski definition) is 2. The molecule has 6 nitrogen and oxygen atoms in total. The molecule has 4 rings (SSSR count). The molecular formula is C21H25N5O. The first-order valence-corrected chi connectivity index (χ1v) is 9.45. The minimum Gasteiger partial charge on any atom is -0.369 e. The van der Waals surface area contributed by atoms with Gasteiger partial charge in [0.05, 0.1) is 10.9 Å². The van der Waals surface area contributed by atoms with Gasteiger partial charge in [-0.1, -0.05) is 12.1 Å². The van der Waals surface area contributed by atoms with Gasteiger partial charge < -0.3 is 10.2 Å². The van der Waals surface area contributed by atoms with Crippen LogP contribution in [0.25, 0.3) is 10.9 Å². The van der Waals surface area contributed by atoms with E-state index in [9.17, 15) is 4.79 Å². The van der Waals surface area contributed by atoms with E-state index < -0.39 is 0 Å². The van der Waals surface area contributed by atoms with E-state index in [4.69, 9.17) is 0 Å². The largest absolute Gasteiger partial charge is 0.369 e. The molecule has 1 aliphatic rings. The van der Waals surface area contributed by atoms with Crippen LogP contribution in [0, 0.1) is 0 Å². The molecule has 0 atom stereocenters. The lowest BCUT2D eigenvalue weighted by atomic mass is 10.2. The molecule has 2 N–H and O–H groups in total. The molecule has 1 aromatic heterocycles. The number of H-pyrrole nitrogens is 1. The predicted molar refractivity (Wildman–Crippen MR) is 111 cm³/mol. The number of nitrogens with zero attached hydrogens (tertiary/aromatic N) is 3. The van der Waals surface area contributed by atoms with Gasteiger partial charge in [-0.25, -0.2) is 4.98 Å². The van der Waals surface area contributed by atoms with E-state index >= 15 is 0 Å². The van der Waals surface area contributed by atoms with Gasteiger partial charge in [-0.3, -0.25) is 14.7 Å². The van der Waals surface area contributed by atoms with Crippen LogP contribution >= 0.6 is 0 Å². The highest BCUT2D eigenvalue weighted by molar-refractivity contribution is 5.78. The number of piperazine rings is 1. The van der Waals surface area contributed by atoms with Crippen molar-refractivity contribution in [2.75, 3.05) is 36.4 Å². The Hall–Kier alpha value is -2.86. The summed E-state index contributed by atoms with van der Waals surface area (Å²) in [5, 5.41) is 3.79. The van der Waals surface area contributed by atoms with E-state index in [1.54, 1.807) is 6.07 Å². The van der Waals surface area contributed by atoms with Crippen LogP contribution in [-0.2, 0) is 0 Å². The number of aromatic nitrogens is 2. The zero-order valence-electron chi connectivity index (χ0n) is 15.8. The minimum atomic E-state index is -0.136. The molecule has 140 valence electrons. The fourth-order valence-corrected chi connectivity index (χ4v) is 3.53. The highest BCUT2D eigenvalue weighted by Crippen LogP contribution is 2.21. The van der Waals surface area contributed by atoms with Crippen LogP contribution in [0.1, 0.15) is 13.8 Å². The Balaban J connectivity index is 1.46. The molecule has 0 saturated carbocycles. The smallest absolute Gasteiger partial charge is 0.260 e. The number of nitrogens with one attached hydrogen (secondary N) is 2. The summed E-state index contributed by atoms with van der Waals surface area (Å²) in [6, 6.07) is 16.2. The number of fused-ring (bicyclic) bond motifs is 1. The Morgan fingerprint density at radius 3 is 2.41 bits per heavy atom. The summed E-state index contributed by atoms with van der Waals surface area (Å²) >= 11 is 0. The second-order valence-corrected chi connectivity index (χ2v) is 7.22. The third-order valence-corrected chi connectivity index (χ3v) is 5.15. The lowest BCUT2D eigenvalue weighted by Gasteiger charge is -2.38. The molecule has 0 bridgehead atoms. The molecule has 6 heteroatoms. The van der Waals surface area contributed by atoms with Crippen LogP contribution in [0.2, 0.25) is 0 Å². The van der Waals surface area contributed by atoms with Crippen molar-refractivity contribution in [1.29, 1.82) is 0 Å². The third kappa shape index (κ3) is 3.80. The zero-order valence-corrected chi connectivity index (χ0v) is 15.8. The Morgan fingerprint density at radius 1 is 1.00 bits per heavy atom. The fraction of sp³-hybridized carbons (Fsp3) is 0.333. The maximum atomic E-state index is 12.2. The standard InChI is InChI=1S/C21H25N5O/c1-15(2)25-11-13-26(14-12-25)17-9-7-16(8-10-17)22-21-23-19-6-4-3-5-18(19)20(27)24-21/h3-10,15H,11-14H2,1-2H3,(H2,22,23,24,27). The van der Waals surface area contributed by atoms with Crippen molar-refractivity contribution in [1.82, 2.24) is 14.9 Å². The summed E-state index contributed by atoms with van der Waals surface area (Å²) in [6.07, 6.45) is 0. The molecule has 0 amide bonds. The van der Waals surface area contributed by atoms with E-state index in [1.165, 1.54) is 5.69 Å². The average molecular weight is 363 g/mol. The van der Waals surface area contributed by atoms with Gasteiger partial charge >= 0.3 is 0 Å². The van der Waals surface area contributed by atoms with E-state index in [1.807, 2.05) is 30.3 Å². The molecule has 1 saturated heterocycles. The predicted octanol–water partition coefficient (Wildman–Crippen LogP) is 3.20.